The minimum absolute atomic E-state index is 0. The number of amides is 1. The second-order valence-electron chi connectivity index (χ2n) is 6.90. The molecular weight excluding hydrogens is 300 g/mol. The molecule has 0 aromatic carbocycles. The SMILES string of the molecule is COC1(C(=O)NC(C)CCC2CCCCC2)CCNCC1.Cl. The highest BCUT2D eigenvalue weighted by atomic mass is 35.5. The number of nitrogens with one attached hydrogen (secondary N) is 2. The van der Waals surface area contributed by atoms with Gasteiger partial charge in [0.1, 0.15) is 5.60 Å². The molecule has 2 fully saturated rings. The first-order valence-electron chi connectivity index (χ1n) is 8.73. The van der Waals surface area contributed by atoms with E-state index < -0.39 is 5.60 Å². The number of ether oxygens (including phenoxy) is 1. The highest BCUT2D eigenvalue weighted by molar-refractivity contribution is 5.85. The van der Waals surface area contributed by atoms with Crippen molar-refractivity contribution in [1.29, 1.82) is 0 Å². The molecule has 22 heavy (non-hydrogen) atoms. The maximum atomic E-state index is 12.5. The summed E-state index contributed by atoms with van der Waals surface area (Å²) in [6.07, 6.45) is 10.8. The van der Waals surface area contributed by atoms with Crippen LogP contribution in [0.4, 0.5) is 0 Å². The minimum atomic E-state index is -0.607. The molecule has 5 heteroatoms. The van der Waals surface area contributed by atoms with Crippen molar-refractivity contribution in [2.75, 3.05) is 20.2 Å². The number of carbonyl (C=O) groups is 1. The zero-order valence-electron chi connectivity index (χ0n) is 14.2. The van der Waals surface area contributed by atoms with Crippen molar-refractivity contribution < 1.29 is 9.53 Å². The second kappa shape index (κ2) is 9.74. The summed E-state index contributed by atoms with van der Waals surface area (Å²) < 4.78 is 5.58. The second-order valence-corrected chi connectivity index (χ2v) is 6.90. The first-order chi connectivity index (χ1) is 10.2. The van der Waals surface area contributed by atoms with Gasteiger partial charge in [0.25, 0.3) is 5.91 Å². The van der Waals surface area contributed by atoms with Crippen LogP contribution in [-0.4, -0.2) is 37.7 Å². The van der Waals surface area contributed by atoms with Crippen LogP contribution in [0.1, 0.15) is 64.7 Å². The van der Waals surface area contributed by atoms with Gasteiger partial charge in [0.2, 0.25) is 0 Å². The van der Waals surface area contributed by atoms with Gasteiger partial charge in [-0.15, -0.1) is 12.4 Å². The summed E-state index contributed by atoms with van der Waals surface area (Å²) in [5, 5.41) is 6.48. The molecule has 1 saturated heterocycles. The summed E-state index contributed by atoms with van der Waals surface area (Å²) in [4.78, 5) is 12.5. The van der Waals surface area contributed by atoms with E-state index in [0.29, 0.717) is 0 Å². The number of hydrogen-bond acceptors (Lipinski definition) is 3. The van der Waals surface area contributed by atoms with Crippen LogP contribution in [0.5, 0.6) is 0 Å². The normalized spacial score (nSPS) is 23.4. The topological polar surface area (TPSA) is 50.4 Å². The summed E-state index contributed by atoms with van der Waals surface area (Å²) in [5.74, 6) is 0.969. The average Bonchev–Trinajstić information content (AvgIpc) is 2.54. The van der Waals surface area contributed by atoms with Crippen LogP contribution in [0.3, 0.4) is 0 Å². The Morgan fingerprint density at radius 1 is 1.27 bits per heavy atom. The monoisotopic (exact) mass is 332 g/mol. The Hall–Kier alpha value is -0.320. The van der Waals surface area contributed by atoms with E-state index in [2.05, 4.69) is 17.6 Å². The van der Waals surface area contributed by atoms with Crippen molar-refractivity contribution in [3.05, 3.63) is 0 Å². The number of piperidine rings is 1. The number of halogens is 1. The highest BCUT2D eigenvalue weighted by Crippen LogP contribution is 2.28. The molecule has 1 heterocycles. The molecule has 0 aromatic rings. The largest absolute Gasteiger partial charge is 0.368 e. The molecule has 2 rings (SSSR count). The lowest BCUT2D eigenvalue weighted by Gasteiger charge is -2.35. The highest BCUT2D eigenvalue weighted by Gasteiger charge is 2.40. The molecule has 2 aliphatic rings. The van der Waals surface area contributed by atoms with Gasteiger partial charge in [0, 0.05) is 13.2 Å². The van der Waals surface area contributed by atoms with E-state index in [4.69, 9.17) is 4.74 Å². The zero-order chi connectivity index (χ0) is 15.1. The number of hydrogen-bond donors (Lipinski definition) is 2. The Balaban J connectivity index is 0.00000242. The Bertz CT molecular complexity index is 327. The van der Waals surface area contributed by atoms with Gasteiger partial charge in [-0.1, -0.05) is 32.1 Å². The van der Waals surface area contributed by atoms with E-state index >= 15 is 0 Å². The predicted molar refractivity (Wildman–Crippen MR) is 92.5 cm³/mol. The van der Waals surface area contributed by atoms with E-state index in [1.54, 1.807) is 7.11 Å². The van der Waals surface area contributed by atoms with E-state index in [9.17, 15) is 4.79 Å². The zero-order valence-corrected chi connectivity index (χ0v) is 15.0. The molecular formula is C17H33ClN2O2. The minimum Gasteiger partial charge on any atom is -0.368 e. The Morgan fingerprint density at radius 2 is 1.91 bits per heavy atom. The van der Waals surface area contributed by atoms with E-state index in [1.165, 1.54) is 38.5 Å². The summed E-state index contributed by atoms with van der Waals surface area (Å²) in [5.41, 5.74) is -0.607. The van der Waals surface area contributed by atoms with Crippen LogP contribution >= 0.6 is 12.4 Å². The van der Waals surface area contributed by atoms with Crippen molar-refractivity contribution in [3.8, 4) is 0 Å². The third-order valence-corrected chi connectivity index (χ3v) is 5.33. The van der Waals surface area contributed by atoms with Crippen molar-refractivity contribution >= 4 is 18.3 Å². The Kier molecular flexibility index (Phi) is 8.73. The first kappa shape index (κ1) is 19.7. The summed E-state index contributed by atoms with van der Waals surface area (Å²) in [6.45, 7) is 3.85. The fraction of sp³-hybridized carbons (Fsp3) is 0.941. The predicted octanol–water partition coefficient (Wildman–Crippen LogP) is 3.04. The van der Waals surface area contributed by atoms with Crippen LogP contribution in [0.15, 0.2) is 0 Å². The lowest BCUT2D eigenvalue weighted by Crippen LogP contribution is -2.55. The van der Waals surface area contributed by atoms with Crippen LogP contribution in [0.2, 0.25) is 0 Å². The lowest BCUT2D eigenvalue weighted by molar-refractivity contribution is -0.147. The van der Waals surface area contributed by atoms with Gasteiger partial charge < -0.3 is 15.4 Å². The molecule has 130 valence electrons. The first-order valence-corrected chi connectivity index (χ1v) is 8.73. The van der Waals surface area contributed by atoms with Crippen LogP contribution in [0.25, 0.3) is 0 Å². The molecule has 1 aliphatic heterocycles. The fourth-order valence-corrected chi connectivity index (χ4v) is 3.74. The van der Waals surface area contributed by atoms with Gasteiger partial charge in [-0.05, 0) is 51.6 Å². The van der Waals surface area contributed by atoms with Gasteiger partial charge >= 0.3 is 0 Å². The summed E-state index contributed by atoms with van der Waals surface area (Å²) in [6, 6.07) is 0.251. The van der Waals surface area contributed by atoms with E-state index in [1.807, 2.05) is 0 Å². The van der Waals surface area contributed by atoms with Crippen LogP contribution < -0.4 is 10.6 Å². The van der Waals surface area contributed by atoms with Gasteiger partial charge in [-0.25, -0.2) is 0 Å². The number of carbonyl (C=O) groups excluding carboxylic acids is 1. The van der Waals surface area contributed by atoms with Crippen molar-refractivity contribution in [3.63, 3.8) is 0 Å². The quantitative estimate of drug-likeness (QED) is 0.786. The molecule has 1 atom stereocenters. The third-order valence-electron chi connectivity index (χ3n) is 5.33. The molecule has 0 spiro atoms. The van der Waals surface area contributed by atoms with Crippen LogP contribution in [-0.2, 0) is 9.53 Å². The molecule has 0 radical (unpaired) electrons. The van der Waals surface area contributed by atoms with E-state index in [0.717, 1.165) is 38.3 Å². The molecule has 1 saturated carbocycles. The van der Waals surface area contributed by atoms with Crippen molar-refractivity contribution in [2.24, 2.45) is 5.92 Å². The van der Waals surface area contributed by atoms with Gasteiger partial charge in [0.15, 0.2) is 0 Å². The average molecular weight is 333 g/mol. The Morgan fingerprint density at radius 3 is 2.50 bits per heavy atom. The molecule has 0 bridgehead atoms. The summed E-state index contributed by atoms with van der Waals surface area (Å²) >= 11 is 0. The fourth-order valence-electron chi connectivity index (χ4n) is 3.74. The maximum absolute atomic E-state index is 12.5. The van der Waals surface area contributed by atoms with Crippen molar-refractivity contribution in [1.82, 2.24) is 10.6 Å². The molecule has 4 nitrogen and oxygen atoms in total. The number of rotatable bonds is 6. The van der Waals surface area contributed by atoms with Crippen LogP contribution in [0, 0.1) is 5.92 Å². The molecule has 2 N–H and O–H groups in total. The van der Waals surface area contributed by atoms with Crippen molar-refractivity contribution in [2.45, 2.75) is 76.4 Å². The van der Waals surface area contributed by atoms with Gasteiger partial charge in [-0.2, -0.15) is 0 Å². The smallest absolute Gasteiger partial charge is 0.252 e. The van der Waals surface area contributed by atoms with Gasteiger partial charge in [-0.3, -0.25) is 4.79 Å². The summed E-state index contributed by atoms with van der Waals surface area (Å²) in [7, 11) is 1.66. The standard InChI is InChI=1S/C17H32N2O2.ClH/c1-14(8-9-15-6-4-3-5-7-15)19-16(20)17(21-2)10-12-18-13-11-17;/h14-15,18H,3-13H2,1-2H3,(H,19,20);1H. The van der Waals surface area contributed by atoms with E-state index in [-0.39, 0.29) is 24.4 Å². The third kappa shape index (κ3) is 5.39. The number of methoxy groups -OCH3 is 1. The Labute approximate surface area is 141 Å². The molecule has 0 aromatic heterocycles. The molecule has 1 aliphatic carbocycles. The molecule has 1 amide bonds. The molecule has 1 unspecified atom stereocenters. The maximum Gasteiger partial charge on any atom is 0.252 e. The lowest BCUT2D eigenvalue weighted by atomic mass is 9.85. The van der Waals surface area contributed by atoms with Gasteiger partial charge in [0.05, 0.1) is 0 Å².